The molecule has 37 heavy (non-hydrogen) atoms. The molecule has 202 valence electrons. The molecule has 3 rings (SSSR count). The van der Waals surface area contributed by atoms with Crippen LogP contribution in [0.15, 0.2) is 49.1 Å². The van der Waals surface area contributed by atoms with E-state index in [0.717, 1.165) is 32.7 Å². The van der Waals surface area contributed by atoms with Crippen molar-refractivity contribution in [3.05, 3.63) is 66.3 Å². The first-order valence-electron chi connectivity index (χ1n) is 12.5. The third kappa shape index (κ3) is 10.6. The van der Waals surface area contributed by atoms with E-state index < -0.39 is 11.7 Å². The minimum Gasteiger partial charge on any atom is -0.444 e. The van der Waals surface area contributed by atoms with Crippen LogP contribution < -0.4 is 10.6 Å². The molecule has 0 atom stereocenters. The van der Waals surface area contributed by atoms with Crippen molar-refractivity contribution in [1.82, 2.24) is 19.9 Å². The van der Waals surface area contributed by atoms with Crippen molar-refractivity contribution in [2.24, 2.45) is 0 Å². The van der Waals surface area contributed by atoms with Crippen molar-refractivity contribution in [2.45, 2.75) is 67.5 Å². The fourth-order valence-corrected chi connectivity index (χ4v) is 3.87. The lowest BCUT2D eigenvalue weighted by molar-refractivity contribution is 0.0526. The van der Waals surface area contributed by atoms with Gasteiger partial charge in [-0.05, 0) is 57.5 Å². The van der Waals surface area contributed by atoms with Gasteiger partial charge in [-0.15, -0.1) is 0 Å². The van der Waals surface area contributed by atoms with Crippen LogP contribution in [0.3, 0.4) is 0 Å². The van der Waals surface area contributed by atoms with Gasteiger partial charge >= 0.3 is 6.09 Å². The lowest BCUT2D eigenvalue weighted by Gasteiger charge is -2.19. The van der Waals surface area contributed by atoms with E-state index >= 15 is 0 Å². The fraction of sp³-hybridized carbons (Fsp3) is 0.393. The summed E-state index contributed by atoms with van der Waals surface area (Å²) >= 11 is 1.48. The first-order valence-corrected chi connectivity index (χ1v) is 13.3. The van der Waals surface area contributed by atoms with Gasteiger partial charge in [0, 0.05) is 25.0 Å². The number of halogens is 1. The number of hydrogen-bond donors (Lipinski definition) is 2. The maximum absolute atomic E-state index is 13.2. The van der Waals surface area contributed by atoms with E-state index in [1.54, 1.807) is 30.7 Å². The minimum absolute atomic E-state index is 0.267. The maximum atomic E-state index is 13.2. The number of carbonyl (C=O) groups excluding carboxylic acids is 1. The Labute approximate surface area is 224 Å². The number of hydrogen-bond acceptors (Lipinski definition) is 6. The van der Waals surface area contributed by atoms with Gasteiger partial charge in [-0.3, -0.25) is 0 Å². The third-order valence-corrected chi connectivity index (χ3v) is 5.38. The van der Waals surface area contributed by atoms with Gasteiger partial charge in [0.25, 0.3) is 0 Å². The number of allylic oxidation sites excluding steroid dienone is 1. The zero-order valence-electron chi connectivity index (χ0n) is 23.2. The number of amides is 1. The molecule has 2 N–H and O–H groups in total. The molecule has 0 spiro atoms. The molecule has 0 unspecified atom stereocenters. The molecule has 9 heteroatoms. The predicted octanol–water partition coefficient (Wildman–Crippen LogP) is 7.84. The highest BCUT2D eigenvalue weighted by atomic mass is 32.1. The van der Waals surface area contributed by atoms with Crippen LogP contribution in [0.25, 0.3) is 22.6 Å². The number of imidazole rings is 1. The Morgan fingerprint density at radius 2 is 1.81 bits per heavy atom. The number of benzene rings is 1. The molecule has 0 aliphatic heterocycles. The molecule has 0 aliphatic rings. The second-order valence-corrected chi connectivity index (χ2v) is 9.36. The molecule has 0 saturated carbocycles. The van der Waals surface area contributed by atoms with E-state index in [-0.39, 0.29) is 5.82 Å². The number of nitrogens with zero attached hydrogens (tertiary/aromatic N) is 3. The molecular formula is C28H40FN5O2S. The summed E-state index contributed by atoms with van der Waals surface area (Å²) in [7, 11) is 0. The summed E-state index contributed by atoms with van der Waals surface area (Å²) < 4.78 is 20.4. The Morgan fingerprint density at radius 1 is 1.16 bits per heavy atom. The van der Waals surface area contributed by atoms with Crippen molar-refractivity contribution in [3.8, 4) is 10.4 Å². The SMILES string of the molecule is C=Cc1ncn(CCNC(=O)OC(C)(C)C)c1/C=C(\C)Nc1ncc(-c2ccc(F)cc2)s1.CC.CC. The number of rotatable bonds is 8. The van der Waals surface area contributed by atoms with E-state index in [0.29, 0.717) is 13.1 Å². The quantitative estimate of drug-likeness (QED) is 0.311. The summed E-state index contributed by atoms with van der Waals surface area (Å²) in [6, 6.07) is 6.33. The lowest BCUT2D eigenvalue weighted by atomic mass is 10.2. The van der Waals surface area contributed by atoms with Gasteiger partial charge in [-0.25, -0.2) is 19.2 Å². The first kappa shape index (κ1) is 31.6. The molecular weight excluding hydrogens is 489 g/mol. The van der Waals surface area contributed by atoms with Gasteiger partial charge in [0.15, 0.2) is 5.13 Å². The van der Waals surface area contributed by atoms with Crippen LogP contribution in [-0.2, 0) is 11.3 Å². The standard InChI is InChI=1S/C24H28FN5O2S.2C2H6/c1-6-19-20(30(15-28-19)12-11-26-23(31)32-24(3,4)5)13-16(2)29-22-27-14-21(33-22)17-7-9-18(25)10-8-17;2*1-2/h6-10,13-15H,1,11-12H2,2-5H3,(H,26,31)(H,27,29);2*1-2H3/b16-13+;;. The van der Waals surface area contributed by atoms with Crippen molar-refractivity contribution < 1.29 is 13.9 Å². The Balaban J connectivity index is 0.00000163. The summed E-state index contributed by atoms with van der Waals surface area (Å²) in [5.41, 5.74) is 2.82. The Bertz CT molecular complexity index is 1140. The monoisotopic (exact) mass is 529 g/mol. The van der Waals surface area contributed by atoms with E-state index in [1.165, 1.54) is 23.5 Å². The highest BCUT2D eigenvalue weighted by Gasteiger charge is 2.16. The Morgan fingerprint density at radius 3 is 2.41 bits per heavy atom. The number of carbonyl (C=O) groups is 1. The molecule has 7 nitrogen and oxygen atoms in total. The highest BCUT2D eigenvalue weighted by molar-refractivity contribution is 7.18. The minimum atomic E-state index is -0.543. The van der Waals surface area contributed by atoms with Gasteiger partial charge in [-0.2, -0.15) is 0 Å². The first-order chi connectivity index (χ1) is 17.6. The summed E-state index contributed by atoms with van der Waals surface area (Å²) in [5, 5.41) is 6.77. The van der Waals surface area contributed by atoms with Crippen LogP contribution in [0.1, 0.15) is 66.8 Å². The van der Waals surface area contributed by atoms with E-state index in [2.05, 4.69) is 27.2 Å². The summed E-state index contributed by atoms with van der Waals surface area (Å²) in [4.78, 5) is 21.6. The molecule has 0 saturated heterocycles. The van der Waals surface area contributed by atoms with Crippen LogP contribution in [0, 0.1) is 5.82 Å². The molecule has 0 aliphatic carbocycles. The van der Waals surface area contributed by atoms with Crippen molar-refractivity contribution in [1.29, 1.82) is 0 Å². The van der Waals surface area contributed by atoms with Crippen molar-refractivity contribution >= 4 is 34.7 Å². The molecule has 0 radical (unpaired) electrons. The largest absolute Gasteiger partial charge is 0.444 e. The van der Waals surface area contributed by atoms with Crippen molar-refractivity contribution in [2.75, 3.05) is 11.9 Å². The number of nitrogens with one attached hydrogen (secondary N) is 2. The number of ether oxygens (including phenoxy) is 1. The normalized spacial score (nSPS) is 10.9. The molecule has 1 aromatic carbocycles. The summed E-state index contributed by atoms with van der Waals surface area (Å²) in [5.74, 6) is -0.267. The number of anilines is 1. The van der Waals surface area contributed by atoms with Crippen LogP contribution in [0.5, 0.6) is 0 Å². The van der Waals surface area contributed by atoms with Gasteiger partial charge < -0.3 is 19.9 Å². The van der Waals surface area contributed by atoms with Gasteiger partial charge in [0.1, 0.15) is 11.4 Å². The Hall–Kier alpha value is -3.46. The fourth-order valence-electron chi connectivity index (χ4n) is 2.98. The van der Waals surface area contributed by atoms with Gasteiger partial charge in [0.2, 0.25) is 0 Å². The summed E-state index contributed by atoms with van der Waals surface area (Å²) in [6.45, 7) is 20.1. The smallest absolute Gasteiger partial charge is 0.407 e. The van der Waals surface area contributed by atoms with Crippen LogP contribution in [0.2, 0.25) is 0 Å². The maximum Gasteiger partial charge on any atom is 0.407 e. The second kappa shape index (κ2) is 15.6. The van der Waals surface area contributed by atoms with E-state index in [4.69, 9.17) is 4.74 Å². The zero-order chi connectivity index (χ0) is 28.0. The molecule has 2 heterocycles. The van der Waals surface area contributed by atoms with Gasteiger partial charge in [0.05, 0.1) is 22.6 Å². The lowest BCUT2D eigenvalue weighted by Crippen LogP contribution is -2.34. The molecule has 3 aromatic rings. The van der Waals surface area contributed by atoms with Crippen LogP contribution in [0.4, 0.5) is 14.3 Å². The van der Waals surface area contributed by atoms with E-state index in [9.17, 15) is 9.18 Å². The summed E-state index contributed by atoms with van der Waals surface area (Å²) in [6.07, 6.45) is 6.66. The van der Waals surface area contributed by atoms with Crippen LogP contribution >= 0.6 is 11.3 Å². The molecule has 0 bridgehead atoms. The predicted molar refractivity (Wildman–Crippen MR) is 154 cm³/mol. The average molecular weight is 530 g/mol. The number of alkyl carbamates (subject to hydrolysis) is 1. The molecule has 0 fully saturated rings. The number of thiazole rings is 1. The molecule has 2 aromatic heterocycles. The van der Waals surface area contributed by atoms with Gasteiger partial charge in [-0.1, -0.05) is 57.7 Å². The second-order valence-electron chi connectivity index (χ2n) is 8.33. The topological polar surface area (TPSA) is 81.1 Å². The molecule has 1 amide bonds. The van der Waals surface area contributed by atoms with E-state index in [1.807, 2.05) is 66.0 Å². The number of aromatic nitrogens is 3. The highest BCUT2D eigenvalue weighted by Crippen LogP contribution is 2.30. The zero-order valence-corrected chi connectivity index (χ0v) is 24.0. The average Bonchev–Trinajstić information content (AvgIpc) is 3.48. The third-order valence-electron chi connectivity index (χ3n) is 4.41. The Kier molecular flexibility index (Phi) is 13.3. The van der Waals surface area contributed by atoms with Crippen LogP contribution in [-0.4, -0.2) is 32.8 Å². The van der Waals surface area contributed by atoms with Crippen molar-refractivity contribution in [3.63, 3.8) is 0 Å².